The van der Waals surface area contributed by atoms with Crippen LogP contribution in [0, 0.1) is 22.7 Å². The first-order valence-electron chi connectivity index (χ1n) is 8.16. The number of nitrogens with one attached hydrogen (secondary N) is 1. The summed E-state index contributed by atoms with van der Waals surface area (Å²) in [5, 5.41) is 25.9. The van der Waals surface area contributed by atoms with E-state index in [1.807, 2.05) is 36.4 Å². The number of anilines is 2. The Balaban J connectivity index is 1.64. The molecule has 3 aromatic rings. The molecule has 0 saturated heterocycles. The molecule has 1 aromatic carbocycles. The molecule has 0 atom stereocenters. The number of aromatic nitrogens is 3. The number of hydrogen-bond acceptors (Lipinski definition) is 6. The SMILES string of the molecule is N#Cc1ccc(NCCCc2nn(-c3ccccc3)c(N)c2C#N)nc1. The number of nitrogens with two attached hydrogens (primary N) is 1. The van der Waals surface area contributed by atoms with Crippen LogP contribution in [0.5, 0.6) is 0 Å². The van der Waals surface area contributed by atoms with Gasteiger partial charge in [-0.15, -0.1) is 0 Å². The summed E-state index contributed by atoms with van der Waals surface area (Å²) >= 11 is 0. The van der Waals surface area contributed by atoms with Crippen molar-refractivity contribution in [3.63, 3.8) is 0 Å². The summed E-state index contributed by atoms with van der Waals surface area (Å²) in [6, 6.07) is 17.2. The predicted molar refractivity (Wildman–Crippen MR) is 98.5 cm³/mol. The Morgan fingerprint density at radius 2 is 1.88 bits per heavy atom. The Morgan fingerprint density at radius 1 is 1.08 bits per heavy atom. The average Bonchev–Trinajstić information content (AvgIpc) is 3.01. The molecule has 0 fully saturated rings. The lowest BCUT2D eigenvalue weighted by atomic mass is 10.1. The molecule has 0 bridgehead atoms. The van der Waals surface area contributed by atoms with Gasteiger partial charge in [-0.2, -0.15) is 15.6 Å². The van der Waals surface area contributed by atoms with Crippen LogP contribution < -0.4 is 11.1 Å². The van der Waals surface area contributed by atoms with Crippen LogP contribution in [-0.4, -0.2) is 21.3 Å². The molecule has 3 rings (SSSR count). The van der Waals surface area contributed by atoms with Crippen molar-refractivity contribution in [3.05, 3.63) is 65.5 Å². The van der Waals surface area contributed by atoms with Crippen molar-refractivity contribution >= 4 is 11.6 Å². The maximum atomic E-state index is 9.41. The predicted octanol–water partition coefficient (Wildman–Crippen LogP) is 2.64. The van der Waals surface area contributed by atoms with Crippen LogP contribution in [0.4, 0.5) is 11.6 Å². The minimum absolute atomic E-state index is 0.357. The van der Waals surface area contributed by atoms with Crippen LogP contribution in [0.15, 0.2) is 48.7 Å². The van der Waals surface area contributed by atoms with Crippen LogP contribution in [0.25, 0.3) is 5.69 Å². The molecule has 0 aliphatic rings. The number of nitrogen functional groups attached to an aromatic ring is 1. The van der Waals surface area contributed by atoms with Gasteiger partial charge in [-0.05, 0) is 37.1 Å². The summed E-state index contributed by atoms with van der Waals surface area (Å²) in [7, 11) is 0. The second-order valence-corrected chi connectivity index (χ2v) is 5.64. The first-order valence-corrected chi connectivity index (χ1v) is 8.16. The molecule has 0 saturated carbocycles. The van der Waals surface area contributed by atoms with Gasteiger partial charge < -0.3 is 11.1 Å². The number of hydrogen-bond donors (Lipinski definition) is 2. The van der Waals surface area contributed by atoms with E-state index in [-0.39, 0.29) is 0 Å². The molecule has 0 amide bonds. The van der Waals surface area contributed by atoms with E-state index in [1.165, 1.54) is 6.20 Å². The Bertz CT molecular complexity index is 960. The van der Waals surface area contributed by atoms with E-state index < -0.39 is 0 Å². The van der Waals surface area contributed by atoms with Gasteiger partial charge in [-0.1, -0.05) is 18.2 Å². The van der Waals surface area contributed by atoms with Crippen LogP contribution >= 0.6 is 0 Å². The number of benzene rings is 1. The molecular formula is C19H17N7. The fourth-order valence-electron chi connectivity index (χ4n) is 2.58. The highest BCUT2D eigenvalue weighted by molar-refractivity contribution is 5.56. The number of pyridine rings is 1. The standard InChI is InChI=1S/C19H17N7/c20-11-14-8-9-18(24-13-14)23-10-4-7-17-16(12-21)19(22)26(25-17)15-5-2-1-3-6-15/h1-3,5-6,8-9,13H,4,7,10,22H2,(H,23,24). The highest BCUT2D eigenvalue weighted by atomic mass is 15.3. The van der Waals surface area contributed by atoms with Crippen LogP contribution in [0.2, 0.25) is 0 Å². The van der Waals surface area contributed by atoms with Crippen molar-refractivity contribution in [2.45, 2.75) is 12.8 Å². The molecule has 0 spiro atoms. The smallest absolute Gasteiger partial charge is 0.145 e. The lowest BCUT2D eigenvalue weighted by Crippen LogP contribution is -2.05. The van der Waals surface area contributed by atoms with Gasteiger partial charge in [0.05, 0.1) is 16.9 Å². The van der Waals surface area contributed by atoms with Crippen molar-refractivity contribution in [1.29, 1.82) is 10.5 Å². The van der Waals surface area contributed by atoms with Gasteiger partial charge in [0.15, 0.2) is 0 Å². The van der Waals surface area contributed by atoms with Crippen molar-refractivity contribution in [3.8, 4) is 17.8 Å². The first-order chi connectivity index (χ1) is 12.7. The van der Waals surface area contributed by atoms with E-state index in [2.05, 4.69) is 21.5 Å². The van der Waals surface area contributed by atoms with E-state index in [1.54, 1.807) is 16.8 Å². The molecule has 7 nitrogen and oxygen atoms in total. The summed E-state index contributed by atoms with van der Waals surface area (Å²) in [6.07, 6.45) is 2.91. The average molecular weight is 343 g/mol. The van der Waals surface area contributed by atoms with Crippen molar-refractivity contribution in [2.24, 2.45) is 0 Å². The summed E-state index contributed by atoms with van der Waals surface area (Å²) < 4.78 is 1.60. The monoisotopic (exact) mass is 343 g/mol. The van der Waals surface area contributed by atoms with Gasteiger partial charge in [-0.25, -0.2) is 9.67 Å². The summed E-state index contributed by atoms with van der Waals surface area (Å²) in [6.45, 7) is 0.669. The summed E-state index contributed by atoms with van der Waals surface area (Å²) in [5.41, 5.74) is 8.55. The zero-order valence-corrected chi connectivity index (χ0v) is 14.1. The van der Waals surface area contributed by atoms with Gasteiger partial charge >= 0.3 is 0 Å². The Kier molecular flexibility index (Phi) is 5.11. The minimum Gasteiger partial charge on any atom is -0.382 e. The third-order valence-electron chi connectivity index (χ3n) is 3.90. The molecular weight excluding hydrogens is 326 g/mol. The second kappa shape index (κ2) is 7.82. The topological polar surface area (TPSA) is 116 Å². The lowest BCUT2D eigenvalue weighted by Gasteiger charge is -2.04. The molecule has 0 aliphatic carbocycles. The molecule has 2 aromatic heterocycles. The molecule has 0 aliphatic heterocycles. The fraction of sp³-hybridized carbons (Fsp3) is 0.158. The van der Waals surface area contributed by atoms with Gasteiger partial charge in [0, 0.05) is 12.7 Å². The fourth-order valence-corrected chi connectivity index (χ4v) is 2.58. The molecule has 0 unspecified atom stereocenters. The minimum atomic E-state index is 0.357. The zero-order chi connectivity index (χ0) is 18.4. The quantitative estimate of drug-likeness (QED) is 0.665. The summed E-state index contributed by atoms with van der Waals surface area (Å²) in [5.74, 6) is 1.06. The van der Waals surface area contributed by atoms with E-state index in [0.717, 1.165) is 12.1 Å². The van der Waals surface area contributed by atoms with E-state index in [0.29, 0.717) is 41.4 Å². The highest BCUT2D eigenvalue weighted by Crippen LogP contribution is 2.21. The van der Waals surface area contributed by atoms with Gasteiger partial charge in [0.2, 0.25) is 0 Å². The number of rotatable bonds is 6. The van der Waals surface area contributed by atoms with Gasteiger partial charge in [0.25, 0.3) is 0 Å². The van der Waals surface area contributed by atoms with Crippen LogP contribution in [-0.2, 0) is 6.42 Å². The third kappa shape index (κ3) is 3.63. The molecule has 26 heavy (non-hydrogen) atoms. The van der Waals surface area contributed by atoms with Crippen molar-refractivity contribution < 1.29 is 0 Å². The Morgan fingerprint density at radius 3 is 2.54 bits per heavy atom. The molecule has 7 heteroatoms. The lowest BCUT2D eigenvalue weighted by molar-refractivity contribution is 0.789. The van der Waals surface area contributed by atoms with E-state index in [4.69, 9.17) is 11.0 Å². The maximum absolute atomic E-state index is 9.41. The normalized spacial score (nSPS) is 10.1. The third-order valence-corrected chi connectivity index (χ3v) is 3.90. The first kappa shape index (κ1) is 17.0. The van der Waals surface area contributed by atoms with Gasteiger partial charge in [0.1, 0.15) is 29.3 Å². The summed E-state index contributed by atoms with van der Waals surface area (Å²) in [4.78, 5) is 4.16. The van der Waals surface area contributed by atoms with Crippen molar-refractivity contribution in [2.75, 3.05) is 17.6 Å². The van der Waals surface area contributed by atoms with Crippen LogP contribution in [0.1, 0.15) is 23.2 Å². The maximum Gasteiger partial charge on any atom is 0.145 e. The highest BCUT2D eigenvalue weighted by Gasteiger charge is 2.16. The largest absolute Gasteiger partial charge is 0.382 e. The Hall–Kier alpha value is -3.84. The molecule has 128 valence electrons. The number of aryl methyl sites for hydroxylation is 1. The number of nitrogens with zero attached hydrogens (tertiary/aromatic N) is 5. The van der Waals surface area contributed by atoms with Gasteiger partial charge in [-0.3, -0.25) is 0 Å². The van der Waals surface area contributed by atoms with Crippen LogP contribution in [0.3, 0.4) is 0 Å². The zero-order valence-electron chi connectivity index (χ0n) is 14.1. The van der Waals surface area contributed by atoms with Crippen molar-refractivity contribution in [1.82, 2.24) is 14.8 Å². The second-order valence-electron chi connectivity index (χ2n) is 5.64. The molecule has 3 N–H and O–H groups in total. The Labute approximate surface area is 151 Å². The molecule has 2 heterocycles. The van der Waals surface area contributed by atoms with E-state index in [9.17, 15) is 5.26 Å². The molecule has 0 radical (unpaired) electrons. The van der Waals surface area contributed by atoms with E-state index >= 15 is 0 Å². The number of para-hydroxylation sites is 1. The number of nitriles is 2.